The van der Waals surface area contributed by atoms with Crippen molar-refractivity contribution in [3.05, 3.63) is 0 Å². The number of rotatable bonds is 0. The molecule has 0 spiro atoms. The number of hydrogen-bond donors (Lipinski definition) is 2. The van der Waals surface area contributed by atoms with Crippen molar-refractivity contribution >= 4 is 24.2 Å². The van der Waals surface area contributed by atoms with E-state index in [2.05, 4.69) is 10.2 Å². The van der Waals surface area contributed by atoms with Gasteiger partial charge in [0.15, 0.2) is 5.84 Å². The maximum atomic E-state index is 10.7. The summed E-state index contributed by atoms with van der Waals surface area (Å²) in [6.45, 7) is 1.47. The van der Waals surface area contributed by atoms with Crippen molar-refractivity contribution in [2.75, 3.05) is 0 Å². The van der Waals surface area contributed by atoms with Gasteiger partial charge in [-0.3, -0.25) is 0 Å². The lowest BCUT2D eigenvalue weighted by atomic mass is 10.6. The molecule has 0 saturated heterocycles. The van der Waals surface area contributed by atoms with Gasteiger partial charge in [-0.1, -0.05) is 0 Å². The molecule has 8 heteroatoms. The molecule has 0 radical (unpaired) electrons. The molecule has 0 atom stereocenters. The highest BCUT2D eigenvalue weighted by Gasteiger charge is 2.19. The fraction of sp³-hybridized carbons (Fsp3) is 0.200. The molecule has 8 nitrogen and oxygen atoms in total. The molecule has 1 heterocycles. The fourth-order valence-corrected chi connectivity index (χ4v) is 0.731. The third kappa shape index (κ3) is 1.72. The van der Waals surface area contributed by atoms with E-state index in [9.17, 15) is 9.59 Å². The number of primary amides is 2. The van der Waals surface area contributed by atoms with Crippen molar-refractivity contribution < 1.29 is 9.59 Å². The van der Waals surface area contributed by atoms with E-state index in [1.807, 2.05) is 0 Å². The van der Waals surface area contributed by atoms with Crippen LogP contribution < -0.4 is 11.5 Å². The Balaban J connectivity index is 2.84. The molecule has 1 rings (SSSR count). The highest BCUT2D eigenvalue weighted by molar-refractivity contribution is 5.99. The molecule has 0 aromatic carbocycles. The monoisotopic (exact) mass is 184 g/mol. The summed E-state index contributed by atoms with van der Waals surface area (Å²) in [5, 5.41) is 8.82. The Bertz CT molecular complexity index is 308. The van der Waals surface area contributed by atoms with Crippen LogP contribution in [-0.2, 0) is 0 Å². The summed E-state index contributed by atoms with van der Waals surface area (Å²) < 4.78 is 0. The number of nitrogens with two attached hydrogens (primary N) is 2. The molecule has 4 amide bonds. The summed E-state index contributed by atoms with van der Waals surface area (Å²) in [5.74, 6) is 0.175. The lowest BCUT2D eigenvalue weighted by Gasteiger charge is -2.20. The van der Waals surface area contributed by atoms with Gasteiger partial charge in [0, 0.05) is 0 Å². The minimum atomic E-state index is -0.785. The number of urea groups is 2. The number of amidine groups is 1. The standard InChI is InChI=1S/C5H8N6O2/c1-3-9-10(4(6)12)2-8-11(3)5(7)13/h2H,1H3,(H2,6,12)(H2,7,13). The van der Waals surface area contributed by atoms with E-state index in [-0.39, 0.29) is 5.84 Å². The Labute approximate surface area is 73.4 Å². The summed E-state index contributed by atoms with van der Waals surface area (Å²) >= 11 is 0. The quantitative estimate of drug-likeness (QED) is 0.504. The lowest BCUT2D eigenvalue weighted by molar-refractivity contribution is 0.221. The summed E-state index contributed by atoms with van der Waals surface area (Å²) in [5.41, 5.74) is 9.84. The van der Waals surface area contributed by atoms with Crippen LogP contribution in [0.2, 0.25) is 0 Å². The molecule has 0 fully saturated rings. The molecule has 0 aromatic heterocycles. The number of carbonyl (C=O) groups excluding carboxylic acids is 2. The number of nitrogens with zero attached hydrogens (tertiary/aromatic N) is 4. The van der Waals surface area contributed by atoms with E-state index in [1.54, 1.807) is 0 Å². The second-order valence-corrected chi connectivity index (χ2v) is 2.21. The molecule has 0 saturated carbocycles. The van der Waals surface area contributed by atoms with Crippen molar-refractivity contribution in [3.63, 3.8) is 0 Å². The summed E-state index contributed by atoms with van der Waals surface area (Å²) in [6, 6.07) is -1.56. The van der Waals surface area contributed by atoms with Crippen molar-refractivity contribution in [3.8, 4) is 0 Å². The maximum Gasteiger partial charge on any atom is 0.341 e. The second kappa shape index (κ2) is 3.09. The molecule has 1 aliphatic rings. The van der Waals surface area contributed by atoms with Crippen molar-refractivity contribution in [2.24, 2.45) is 21.7 Å². The fourth-order valence-electron chi connectivity index (χ4n) is 0.731. The molecule has 1 aliphatic heterocycles. The number of hydrogen-bond acceptors (Lipinski definition) is 4. The summed E-state index contributed by atoms with van der Waals surface area (Å²) in [7, 11) is 0. The van der Waals surface area contributed by atoms with Gasteiger partial charge in [-0.05, 0) is 6.92 Å². The van der Waals surface area contributed by atoms with Gasteiger partial charge in [0.25, 0.3) is 0 Å². The van der Waals surface area contributed by atoms with Crippen LogP contribution in [0.3, 0.4) is 0 Å². The average molecular weight is 184 g/mol. The normalized spacial score (nSPS) is 15.6. The Morgan fingerprint density at radius 1 is 1.38 bits per heavy atom. The van der Waals surface area contributed by atoms with Gasteiger partial charge < -0.3 is 11.5 Å². The first-order valence-corrected chi connectivity index (χ1v) is 3.30. The Kier molecular flexibility index (Phi) is 2.13. The van der Waals surface area contributed by atoms with Gasteiger partial charge in [0.2, 0.25) is 0 Å². The minimum Gasteiger partial charge on any atom is -0.350 e. The van der Waals surface area contributed by atoms with Crippen LogP contribution in [-0.4, -0.2) is 34.3 Å². The SMILES string of the molecule is CC1=NN(C(N)=O)C=NN1C(N)=O. The zero-order valence-electron chi connectivity index (χ0n) is 6.84. The summed E-state index contributed by atoms with van der Waals surface area (Å²) in [4.78, 5) is 21.3. The predicted octanol–water partition coefficient (Wildman–Crippen LogP) is -0.962. The average Bonchev–Trinajstić information content (AvgIpc) is 2.03. The predicted molar refractivity (Wildman–Crippen MR) is 44.4 cm³/mol. The van der Waals surface area contributed by atoms with Crippen LogP contribution in [0, 0.1) is 0 Å². The molecule has 0 aliphatic carbocycles. The first kappa shape index (κ1) is 8.97. The third-order valence-corrected chi connectivity index (χ3v) is 1.27. The van der Waals surface area contributed by atoms with Gasteiger partial charge in [-0.25, -0.2) is 9.59 Å². The molecule has 0 bridgehead atoms. The Hall–Kier alpha value is -2.12. The zero-order valence-corrected chi connectivity index (χ0v) is 6.84. The van der Waals surface area contributed by atoms with Crippen molar-refractivity contribution in [1.82, 2.24) is 10.0 Å². The largest absolute Gasteiger partial charge is 0.350 e. The maximum absolute atomic E-state index is 10.7. The highest BCUT2D eigenvalue weighted by Crippen LogP contribution is 2.01. The Morgan fingerprint density at radius 2 is 2.00 bits per heavy atom. The zero-order chi connectivity index (χ0) is 10.0. The molecule has 4 N–H and O–H groups in total. The molecule has 13 heavy (non-hydrogen) atoms. The molecular weight excluding hydrogens is 176 g/mol. The highest BCUT2D eigenvalue weighted by atomic mass is 16.2. The van der Waals surface area contributed by atoms with E-state index in [4.69, 9.17) is 11.5 Å². The van der Waals surface area contributed by atoms with Gasteiger partial charge >= 0.3 is 12.1 Å². The third-order valence-electron chi connectivity index (χ3n) is 1.27. The van der Waals surface area contributed by atoms with Gasteiger partial charge in [-0.15, -0.1) is 5.10 Å². The van der Waals surface area contributed by atoms with Gasteiger partial charge in [0.1, 0.15) is 6.34 Å². The van der Waals surface area contributed by atoms with E-state index in [0.29, 0.717) is 0 Å². The smallest absolute Gasteiger partial charge is 0.341 e. The van der Waals surface area contributed by atoms with Gasteiger partial charge in [0.05, 0.1) is 0 Å². The van der Waals surface area contributed by atoms with Crippen LogP contribution in [0.25, 0.3) is 0 Å². The van der Waals surface area contributed by atoms with E-state index in [0.717, 1.165) is 16.4 Å². The topological polar surface area (TPSA) is 117 Å². The first-order valence-electron chi connectivity index (χ1n) is 3.30. The van der Waals surface area contributed by atoms with Crippen LogP contribution in [0.15, 0.2) is 10.2 Å². The molecule has 70 valence electrons. The number of carbonyl (C=O) groups is 2. The van der Waals surface area contributed by atoms with Gasteiger partial charge in [-0.2, -0.15) is 15.1 Å². The number of hydrazone groups is 2. The number of amides is 4. The second-order valence-electron chi connectivity index (χ2n) is 2.21. The van der Waals surface area contributed by atoms with E-state index in [1.165, 1.54) is 6.92 Å². The molecular formula is C5H8N6O2. The van der Waals surface area contributed by atoms with Crippen LogP contribution in [0.1, 0.15) is 6.92 Å². The van der Waals surface area contributed by atoms with E-state index < -0.39 is 12.1 Å². The van der Waals surface area contributed by atoms with Crippen molar-refractivity contribution in [1.29, 1.82) is 0 Å². The molecule has 0 unspecified atom stereocenters. The van der Waals surface area contributed by atoms with Crippen molar-refractivity contribution in [2.45, 2.75) is 6.92 Å². The Morgan fingerprint density at radius 3 is 2.38 bits per heavy atom. The van der Waals surface area contributed by atoms with Crippen LogP contribution in [0.4, 0.5) is 9.59 Å². The van der Waals surface area contributed by atoms with Crippen LogP contribution >= 0.6 is 0 Å². The minimum absolute atomic E-state index is 0.175. The first-order chi connectivity index (χ1) is 6.02. The van der Waals surface area contributed by atoms with E-state index >= 15 is 0 Å². The molecule has 0 aromatic rings. The van der Waals surface area contributed by atoms with Crippen LogP contribution in [0.5, 0.6) is 0 Å². The summed E-state index contributed by atoms with van der Waals surface area (Å²) in [6.07, 6.45) is 1.00. The lowest BCUT2D eigenvalue weighted by Crippen LogP contribution is -2.42.